The number of imide groups is 1. The van der Waals surface area contributed by atoms with Crippen LogP contribution in [-0.4, -0.2) is 46.7 Å². The van der Waals surface area contributed by atoms with E-state index in [-0.39, 0.29) is 5.82 Å². The van der Waals surface area contributed by atoms with Gasteiger partial charge in [0.2, 0.25) is 0 Å². The van der Waals surface area contributed by atoms with E-state index in [1.165, 1.54) is 6.07 Å². The molecule has 0 aliphatic carbocycles. The molecule has 0 radical (unpaired) electrons. The molecule has 0 unspecified atom stereocenters. The molecule has 0 atom stereocenters. The van der Waals surface area contributed by atoms with Crippen molar-refractivity contribution in [1.29, 1.82) is 0 Å². The van der Waals surface area contributed by atoms with Gasteiger partial charge >= 0.3 is 19.3 Å². The Morgan fingerprint density at radius 2 is 1.33 bits per heavy atom. The van der Waals surface area contributed by atoms with E-state index in [0.29, 0.717) is 5.59 Å². The van der Waals surface area contributed by atoms with Crippen molar-refractivity contribution in [2.45, 2.75) is 91.6 Å². The number of ether oxygens (including phenoxy) is 2. The largest absolute Gasteiger partial charge is 0.514 e. The van der Waals surface area contributed by atoms with Gasteiger partial charge in [-0.1, -0.05) is 6.07 Å². The van der Waals surface area contributed by atoms with Gasteiger partial charge in [0.05, 0.1) is 16.8 Å². The molecule has 1 aliphatic rings. The zero-order valence-electron chi connectivity index (χ0n) is 19.7. The summed E-state index contributed by atoms with van der Waals surface area (Å²) < 4.78 is 22.9. The SMILES string of the molecule is CC(C)(C)OC(=O)N(C(=O)OC(C)(C)C)c1cccc(B2OC(C)(C)C(C)(C)O2)n1. The Morgan fingerprint density at radius 1 is 0.900 bits per heavy atom. The summed E-state index contributed by atoms with van der Waals surface area (Å²) in [5.41, 5.74) is -2.28. The highest BCUT2D eigenvalue weighted by atomic mass is 16.7. The van der Waals surface area contributed by atoms with Gasteiger partial charge in [-0.2, -0.15) is 4.90 Å². The van der Waals surface area contributed by atoms with E-state index < -0.39 is 41.7 Å². The summed E-state index contributed by atoms with van der Waals surface area (Å²) >= 11 is 0. The van der Waals surface area contributed by atoms with Gasteiger partial charge in [0.15, 0.2) is 0 Å². The Kier molecular flexibility index (Phi) is 6.32. The van der Waals surface area contributed by atoms with Crippen molar-refractivity contribution in [3.05, 3.63) is 18.2 Å². The first kappa shape index (κ1) is 24.1. The molecule has 2 heterocycles. The van der Waals surface area contributed by atoms with Gasteiger partial charge in [0.1, 0.15) is 17.0 Å². The number of hydrogen-bond donors (Lipinski definition) is 0. The molecular weight excluding hydrogens is 387 g/mol. The Balaban J connectivity index is 2.41. The third kappa shape index (κ3) is 5.73. The van der Waals surface area contributed by atoms with Crippen LogP contribution < -0.4 is 10.5 Å². The molecule has 9 heteroatoms. The monoisotopic (exact) mass is 420 g/mol. The summed E-state index contributed by atoms with van der Waals surface area (Å²) in [6, 6.07) is 4.92. The van der Waals surface area contributed by atoms with Crippen LogP contribution in [0.15, 0.2) is 18.2 Å². The first-order valence-electron chi connectivity index (χ1n) is 10.0. The molecule has 30 heavy (non-hydrogen) atoms. The van der Waals surface area contributed by atoms with Crippen molar-refractivity contribution in [3.63, 3.8) is 0 Å². The van der Waals surface area contributed by atoms with Gasteiger partial charge in [0.25, 0.3) is 0 Å². The lowest BCUT2D eigenvalue weighted by Gasteiger charge is -2.32. The second-order valence-corrected chi connectivity index (χ2v) is 10.3. The average Bonchev–Trinajstić information content (AvgIpc) is 2.72. The highest BCUT2D eigenvalue weighted by Gasteiger charge is 2.52. The van der Waals surface area contributed by atoms with Crippen molar-refractivity contribution < 1.29 is 28.4 Å². The van der Waals surface area contributed by atoms with Crippen LogP contribution in [0, 0.1) is 0 Å². The minimum atomic E-state index is -0.879. The molecule has 0 aromatic carbocycles. The highest BCUT2D eigenvalue weighted by Crippen LogP contribution is 2.36. The van der Waals surface area contributed by atoms with Crippen LogP contribution in [0.3, 0.4) is 0 Å². The zero-order chi connectivity index (χ0) is 23.1. The van der Waals surface area contributed by atoms with E-state index >= 15 is 0 Å². The molecule has 1 aromatic rings. The van der Waals surface area contributed by atoms with Crippen LogP contribution in [0.5, 0.6) is 0 Å². The van der Waals surface area contributed by atoms with Crippen molar-refractivity contribution in [2.75, 3.05) is 4.90 Å². The first-order valence-corrected chi connectivity index (χ1v) is 10.0. The molecule has 0 N–H and O–H groups in total. The minimum absolute atomic E-state index is 0.0608. The van der Waals surface area contributed by atoms with E-state index in [1.54, 1.807) is 53.7 Å². The van der Waals surface area contributed by atoms with Gasteiger partial charge in [0, 0.05) is 0 Å². The average molecular weight is 420 g/mol. The number of pyridine rings is 1. The number of carbonyl (C=O) groups is 2. The van der Waals surface area contributed by atoms with Crippen molar-refractivity contribution in [1.82, 2.24) is 4.98 Å². The number of anilines is 1. The lowest BCUT2D eigenvalue weighted by atomic mass is 9.84. The fourth-order valence-electron chi connectivity index (χ4n) is 2.54. The third-order valence-electron chi connectivity index (χ3n) is 4.63. The number of rotatable bonds is 2. The molecular formula is C21H33BN2O6. The third-order valence-corrected chi connectivity index (χ3v) is 4.63. The predicted molar refractivity (Wildman–Crippen MR) is 115 cm³/mol. The molecule has 0 spiro atoms. The lowest BCUT2D eigenvalue weighted by Crippen LogP contribution is -2.45. The van der Waals surface area contributed by atoms with Crippen molar-refractivity contribution >= 4 is 30.7 Å². The molecule has 8 nitrogen and oxygen atoms in total. The van der Waals surface area contributed by atoms with Gasteiger partial charge in [-0.3, -0.25) is 0 Å². The summed E-state index contributed by atoms with van der Waals surface area (Å²) in [7, 11) is -0.742. The maximum absolute atomic E-state index is 12.8. The molecule has 1 fully saturated rings. The topological polar surface area (TPSA) is 87.2 Å². The van der Waals surface area contributed by atoms with Gasteiger partial charge in [-0.25, -0.2) is 14.6 Å². The zero-order valence-corrected chi connectivity index (χ0v) is 19.7. The number of carbonyl (C=O) groups excluding carboxylic acids is 2. The predicted octanol–water partition coefficient (Wildman–Crippen LogP) is 4.06. The molecule has 0 bridgehead atoms. The molecule has 1 saturated heterocycles. The van der Waals surface area contributed by atoms with Crippen molar-refractivity contribution in [3.8, 4) is 0 Å². The maximum Gasteiger partial charge on any atom is 0.514 e. The summed E-state index contributed by atoms with van der Waals surface area (Å²) in [5, 5.41) is 0. The molecule has 2 rings (SSSR count). The molecule has 1 aromatic heterocycles. The number of hydrogen-bond acceptors (Lipinski definition) is 7. The molecule has 0 saturated carbocycles. The first-order chi connectivity index (χ1) is 13.4. The van der Waals surface area contributed by atoms with Gasteiger partial charge in [-0.15, -0.1) is 0 Å². The smallest absolute Gasteiger partial charge is 0.443 e. The Bertz CT molecular complexity index is 766. The lowest BCUT2D eigenvalue weighted by molar-refractivity contribution is 0.00578. The van der Waals surface area contributed by atoms with Crippen molar-refractivity contribution in [2.24, 2.45) is 0 Å². The second-order valence-electron chi connectivity index (χ2n) is 10.3. The molecule has 1 aliphatic heterocycles. The standard InChI is InChI=1S/C21H33BN2O6/c1-18(2,3)27-16(25)24(17(26)28-19(4,5)6)15-13-11-12-14(23-15)22-29-20(7,8)21(9,10)30-22/h11-13H,1-10H3. The quantitative estimate of drug-likeness (QED) is 0.667. The number of nitrogens with zero attached hydrogens (tertiary/aromatic N) is 2. The molecule has 166 valence electrons. The normalized spacial score (nSPS) is 18.1. The van der Waals surface area contributed by atoms with Crippen LogP contribution in [0.1, 0.15) is 69.2 Å². The second kappa shape index (κ2) is 7.85. The van der Waals surface area contributed by atoms with E-state index in [0.717, 1.165) is 4.90 Å². The summed E-state index contributed by atoms with van der Waals surface area (Å²) in [6.45, 7) is 18.0. The van der Waals surface area contributed by atoms with Crippen LogP contribution in [0.25, 0.3) is 0 Å². The van der Waals surface area contributed by atoms with Crippen LogP contribution in [0.2, 0.25) is 0 Å². The summed E-state index contributed by atoms with van der Waals surface area (Å²) in [5.74, 6) is 0.0608. The Labute approximate surface area is 179 Å². The van der Waals surface area contributed by atoms with Gasteiger partial charge < -0.3 is 18.8 Å². The number of amides is 2. The van der Waals surface area contributed by atoms with E-state index in [4.69, 9.17) is 18.8 Å². The summed E-state index contributed by atoms with van der Waals surface area (Å²) in [6.07, 6.45) is -1.76. The molecule has 2 amide bonds. The van der Waals surface area contributed by atoms with Crippen LogP contribution in [0.4, 0.5) is 15.4 Å². The minimum Gasteiger partial charge on any atom is -0.443 e. The van der Waals surface area contributed by atoms with Gasteiger partial charge in [-0.05, 0) is 81.4 Å². The fraction of sp³-hybridized carbons (Fsp3) is 0.667. The maximum atomic E-state index is 12.8. The van der Waals surface area contributed by atoms with E-state index in [9.17, 15) is 9.59 Å². The van der Waals surface area contributed by atoms with Crippen LogP contribution in [-0.2, 0) is 18.8 Å². The number of aromatic nitrogens is 1. The van der Waals surface area contributed by atoms with Crippen LogP contribution >= 0.6 is 0 Å². The Morgan fingerprint density at radius 3 is 1.73 bits per heavy atom. The van der Waals surface area contributed by atoms with E-state index in [1.807, 2.05) is 27.7 Å². The fourth-order valence-corrected chi connectivity index (χ4v) is 2.54. The highest BCUT2D eigenvalue weighted by molar-refractivity contribution is 6.61. The van der Waals surface area contributed by atoms with E-state index in [2.05, 4.69) is 4.98 Å². The summed E-state index contributed by atoms with van der Waals surface area (Å²) in [4.78, 5) is 30.9. The Hall–Kier alpha value is -2.13.